The van der Waals surface area contributed by atoms with Crippen molar-refractivity contribution in [3.63, 3.8) is 0 Å². The van der Waals surface area contributed by atoms with Gasteiger partial charge >= 0.3 is 0 Å². The maximum absolute atomic E-state index is 4.49. The quantitative estimate of drug-likeness (QED) is 0.169. The summed E-state index contributed by atoms with van der Waals surface area (Å²) in [5, 5.41) is 3.63. The van der Waals surface area contributed by atoms with Gasteiger partial charge in [-0.2, -0.15) is 10.5 Å². The van der Waals surface area contributed by atoms with Crippen molar-refractivity contribution in [3.05, 3.63) is 143 Å². The highest BCUT2D eigenvalue weighted by molar-refractivity contribution is 8.13. The largest absolute Gasteiger partial charge is 0.359 e. The van der Waals surface area contributed by atoms with E-state index in [2.05, 4.69) is 177 Å². The normalized spacial score (nSPS) is 12.0. The topological polar surface area (TPSA) is 12.0 Å². The summed E-state index contributed by atoms with van der Waals surface area (Å²) in [6.45, 7) is 28.2. The van der Waals surface area contributed by atoms with Crippen molar-refractivity contribution in [3.8, 4) is 11.1 Å². The molecule has 0 heterocycles. The molecule has 0 amide bonds. The maximum Gasteiger partial charge on any atom is 0.0384 e. The van der Waals surface area contributed by atoms with Crippen molar-refractivity contribution in [2.24, 2.45) is 5.41 Å². The first-order chi connectivity index (χ1) is 22.1. The summed E-state index contributed by atoms with van der Waals surface area (Å²) in [6, 6.07) is 32.7. The Kier molecular flexibility index (Phi) is 16.2. The highest BCUT2D eigenvalue weighted by Crippen LogP contribution is 2.32. The minimum absolute atomic E-state index is 0.155. The molecule has 0 aromatic heterocycles. The van der Waals surface area contributed by atoms with Gasteiger partial charge in [0.05, 0.1) is 0 Å². The molecule has 252 valence electrons. The molecule has 0 fully saturated rings. The second-order valence-electron chi connectivity index (χ2n) is 14.0. The Morgan fingerprint density at radius 3 is 1.83 bits per heavy atom. The minimum atomic E-state index is 0.155. The van der Waals surface area contributed by atoms with Crippen molar-refractivity contribution in [2.75, 3.05) is 17.3 Å². The van der Waals surface area contributed by atoms with E-state index in [1.165, 1.54) is 63.1 Å². The molecule has 0 aliphatic heterocycles. The van der Waals surface area contributed by atoms with Crippen LogP contribution in [0.5, 0.6) is 0 Å². The van der Waals surface area contributed by atoms with Gasteiger partial charge in [-0.3, -0.25) is 0 Å². The molecule has 1 nitrogen and oxygen atoms in total. The van der Waals surface area contributed by atoms with Gasteiger partial charge in [-0.15, -0.1) is 0 Å². The van der Waals surface area contributed by atoms with Crippen LogP contribution in [0.2, 0.25) is 0 Å². The Morgan fingerprint density at radius 2 is 1.36 bits per heavy atom. The maximum atomic E-state index is 4.49. The predicted octanol–water partition coefficient (Wildman–Crippen LogP) is 13.4. The zero-order chi connectivity index (χ0) is 35.1. The van der Waals surface area contributed by atoms with Crippen molar-refractivity contribution < 1.29 is 0 Å². The standard InChI is InChI=1S/C34H35N.C6H14.C5H12S/c1-23(2)29-17-13-28(14-18-29)22-34(30-15-11-24(3)12-16-30)27(6)35-31-19-20-33(26(5)21-31)32-10-8-7-9-25(32)4;1-5-6(2,3)4;1-4-5-6(2)3/h7-21,34-35H,1,6,22H2,2-5H3;5H2,1-4H3;2,4-5H2,1,3H3. The molecule has 2 heteroatoms. The summed E-state index contributed by atoms with van der Waals surface area (Å²) in [6.07, 6.45) is 5.60. The predicted molar refractivity (Wildman–Crippen MR) is 218 cm³/mol. The third-order valence-electron chi connectivity index (χ3n) is 8.37. The molecule has 0 saturated heterocycles. The lowest BCUT2D eigenvalue weighted by molar-refractivity contribution is 0.398. The fourth-order valence-corrected chi connectivity index (χ4v) is 5.64. The van der Waals surface area contributed by atoms with Crippen LogP contribution in [0.4, 0.5) is 5.69 Å². The van der Waals surface area contributed by atoms with Crippen LogP contribution in [0, 0.1) is 26.2 Å². The van der Waals surface area contributed by atoms with Gasteiger partial charge < -0.3 is 5.32 Å². The molecule has 0 spiro atoms. The third kappa shape index (κ3) is 14.0. The van der Waals surface area contributed by atoms with Crippen LogP contribution in [-0.4, -0.2) is 17.9 Å². The third-order valence-corrected chi connectivity index (χ3v) is 9.47. The molecule has 2 atom stereocenters. The van der Waals surface area contributed by atoms with Crippen LogP contribution >= 0.6 is 10.5 Å². The SMILES string of the molecule is C=C(C)c1ccc(CC(C(=C)Nc2ccc(-c3ccccc3C)c(C)c2)c2ccc(C)cc2)cc1.C=S(C)CCC.CCC(C)(C)C. The molecule has 4 aromatic carbocycles. The van der Waals surface area contributed by atoms with Gasteiger partial charge in [0, 0.05) is 17.3 Å². The molecule has 0 aliphatic rings. The summed E-state index contributed by atoms with van der Waals surface area (Å²) in [7, 11) is 0.434. The second-order valence-corrected chi connectivity index (χ2v) is 16.0. The number of hydrogen-bond acceptors (Lipinski definition) is 1. The molecule has 0 bridgehead atoms. The molecular weight excluding hydrogens is 587 g/mol. The van der Waals surface area contributed by atoms with Crippen molar-refractivity contribution >= 4 is 27.6 Å². The Labute approximate surface area is 291 Å². The van der Waals surface area contributed by atoms with Crippen LogP contribution in [0.3, 0.4) is 0 Å². The first-order valence-corrected chi connectivity index (χ1v) is 19.0. The number of rotatable bonds is 10. The number of anilines is 1. The van der Waals surface area contributed by atoms with Crippen molar-refractivity contribution in [2.45, 2.75) is 87.5 Å². The highest BCUT2D eigenvalue weighted by Gasteiger charge is 2.17. The Balaban J connectivity index is 0.000000546. The summed E-state index contributed by atoms with van der Waals surface area (Å²) >= 11 is 0. The number of benzene rings is 4. The fraction of sp³-hybridized carbons (Fsp3) is 0.356. The van der Waals surface area contributed by atoms with Gasteiger partial charge in [0.15, 0.2) is 0 Å². The Hall–Kier alpha value is -3.62. The molecule has 47 heavy (non-hydrogen) atoms. The Bertz CT molecular complexity index is 1580. The van der Waals surface area contributed by atoms with E-state index in [4.69, 9.17) is 0 Å². The van der Waals surface area contributed by atoms with Gasteiger partial charge in [-0.25, -0.2) is 0 Å². The lowest BCUT2D eigenvalue weighted by atomic mass is 9.88. The molecule has 4 rings (SSSR count). The lowest BCUT2D eigenvalue weighted by Gasteiger charge is -2.23. The van der Waals surface area contributed by atoms with Crippen LogP contribution in [0.15, 0.2) is 110 Å². The van der Waals surface area contributed by atoms with E-state index < -0.39 is 0 Å². The van der Waals surface area contributed by atoms with Gasteiger partial charge in [-0.05, 0) is 109 Å². The molecule has 0 saturated carbocycles. The van der Waals surface area contributed by atoms with E-state index in [9.17, 15) is 0 Å². The molecule has 0 aliphatic carbocycles. The summed E-state index contributed by atoms with van der Waals surface area (Å²) in [5.41, 5.74) is 13.8. The van der Waals surface area contributed by atoms with E-state index in [1.54, 1.807) is 0 Å². The Morgan fingerprint density at radius 1 is 0.787 bits per heavy atom. The summed E-state index contributed by atoms with van der Waals surface area (Å²) < 4.78 is 0. The average molecular weight is 648 g/mol. The average Bonchev–Trinajstić information content (AvgIpc) is 3.01. The van der Waals surface area contributed by atoms with Gasteiger partial charge in [-0.1, -0.05) is 150 Å². The molecular formula is C45H61NS. The minimum Gasteiger partial charge on any atom is -0.359 e. The molecule has 4 aromatic rings. The fourth-order valence-electron chi connectivity index (χ4n) is 4.94. The molecule has 0 radical (unpaired) electrons. The van der Waals surface area contributed by atoms with Crippen LogP contribution in [0.1, 0.15) is 93.7 Å². The van der Waals surface area contributed by atoms with Crippen molar-refractivity contribution in [1.82, 2.24) is 0 Å². The monoisotopic (exact) mass is 647 g/mol. The first-order valence-electron chi connectivity index (χ1n) is 17.0. The van der Waals surface area contributed by atoms with Crippen molar-refractivity contribution in [1.29, 1.82) is 0 Å². The smallest absolute Gasteiger partial charge is 0.0384 e. The zero-order valence-electron chi connectivity index (χ0n) is 31.1. The van der Waals surface area contributed by atoms with Crippen LogP contribution < -0.4 is 5.32 Å². The van der Waals surface area contributed by atoms with Gasteiger partial charge in [0.25, 0.3) is 0 Å². The number of hydrogen-bond donors (Lipinski definition) is 1. The number of nitrogens with one attached hydrogen (secondary N) is 1. The zero-order valence-corrected chi connectivity index (χ0v) is 31.9. The van der Waals surface area contributed by atoms with E-state index >= 15 is 0 Å². The number of allylic oxidation sites excluding steroid dienone is 2. The van der Waals surface area contributed by atoms with Gasteiger partial charge in [0.2, 0.25) is 0 Å². The summed E-state index contributed by atoms with van der Waals surface area (Å²) in [4.78, 5) is 0. The highest BCUT2D eigenvalue weighted by atomic mass is 32.2. The van der Waals surface area contributed by atoms with E-state index in [1.807, 2.05) is 6.92 Å². The van der Waals surface area contributed by atoms with E-state index in [0.29, 0.717) is 15.9 Å². The molecule has 1 N–H and O–H groups in total. The van der Waals surface area contributed by atoms with Crippen LogP contribution in [-0.2, 0) is 6.42 Å². The van der Waals surface area contributed by atoms with Crippen LogP contribution in [0.25, 0.3) is 16.7 Å². The molecule has 2 unspecified atom stereocenters. The first kappa shape index (κ1) is 39.6. The number of aryl methyl sites for hydroxylation is 3. The van der Waals surface area contributed by atoms with Gasteiger partial charge in [0.1, 0.15) is 0 Å². The summed E-state index contributed by atoms with van der Waals surface area (Å²) in [5.74, 6) is 5.30. The van der Waals surface area contributed by atoms with E-state index in [-0.39, 0.29) is 5.92 Å². The second kappa shape index (κ2) is 19.3. The lowest BCUT2D eigenvalue weighted by Crippen LogP contribution is -2.12. The van der Waals surface area contributed by atoms with E-state index in [0.717, 1.165) is 23.4 Å².